The summed E-state index contributed by atoms with van der Waals surface area (Å²) in [6.07, 6.45) is 2.04. The fourth-order valence-corrected chi connectivity index (χ4v) is 3.83. The third kappa shape index (κ3) is 3.65. The number of amides is 2. The molecule has 2 amide bonds. The SMILES string of the molecule is COc1ccccc1-c1noc(CCC(=O)N2CC[C@@H]3NC(=O)C[C@@H]3C2)n1. The molecule has 3 heterocycles. The summed E-state index contributed by atoms with van der Waals surface area (Å²) in [6.45, 7) is 1.31. The molecule has 2 saturated heterocycles. The molecule has 2 atom stereocenters. The van der Waals surface area contributed by atoms with E-state index in [1.54, 1.807) is 7.11 Å². The lowest BCUT2D eigenvalue weighted by molar-refractivity contribution is -0.133. The minimum Gasteiger partial charge on any atom is -0.496 e. The second kappa shape index (κ2) is 7.38. The predicted octanol–water partition coefficient (Wildman–Crippen LogP) is 1.41. The molecular weight excluding hydrogens is 348 g/mol. The van der Waals surface area contributed by atoms with E-state index in [1.807, 2.05) is 29.2 Å². The quantitative estimate of drug-likeness (QED) is 0.855. The molecule has 0 bridgehead atoms. The van der Waals surface area contributed by atoms with Crippen LogP contribution in [0.15, 0.2) is 28.8 Å². The maximum Gasteiger partial charge on any atom is 0.227 e. The molecule has 1 N–H and O–H groups in total. The molecule has 1 aromatic heterocycles. The van der Waals surface area contributed by atoms with E-state index in [0.29, 0.717) is 49.8 Å². The number of rotatable bonds is 5. The molecule has 2 aromatic rings. The van der Waals surface area contributed by atoms with E-state index < -0.39 is 0 Å². The van der Waals surface area contributed by atoms with E-state index in [9.17, 15) is 9.59 Å². The van der Waals surface area contributed by atoms with Gasteiger partial charge in [-0.3, -0.25) is 9.59 Å². The van der Waals surface area contributed by atoms with Gasteiger partial charge >= 0.3 is 0 Å². The molecule has 2 aliphatic rings. The number of carbonyl (C=O) groups is 2. The highest BCUT2D eigenvalue weighted by Crippen LogP contribution is 2.28. The van der Waals surface area contributed by atoms with Crippen molar-refractivity contribution in [3.05, 3.63) is 30.2 Å². The Hall–Kier alpha value is -2.90. The monoisotopic (exact) mass is 370 g/mol. The summed E-state index contributed by atoms with van der Waals surface area (Å²) in [4.78, 5) is 30.3. The maximum atomic E-state index is 12.5. The number of carbonyl (C=O) groups excluding carboxylic acids is 2. The first-order chi connectivity index (χ1) is 13.1. The molecule has 2 aliphatic heterocycles. The second-order valence-corrected chi connectivity index (χ2v) is 6.98. The average molecular weight is 370 g/mol. The van der Waals surface area contributed by atoms with Crippen molar-refractivity contribution in [2.45, 2.75) is 31.7 Å². The first-order valence-corrected chi connectivity index (χ1v) is 9.17. The number of nitrogens with one attached hydrogen (secondary N) is 1. The summed E-state index contributed by atoms with van der Waals surface area (Å²) < 4.78 is 10.6. The van der Waals surface area contributed by atoms with Gasteiger partial charge < -0.3 is 19.5 Å². The van der Waals surface area contributed by atoms with Crippen molar-refractivity contribution in [1.82, 2.24) is 20.4 Å². The van der Waals surface area contributed by atoms with Gasteiger partial charge in [0.05, 0.1) is 12.7 Å². The highest BCUT2D eigenvalue weighted by atomic mass is 16.5. The Labute approximate surface area is 156 Å². The second-order valence-electron chi connectivity index (χ2n) is 6.98. The van der Waals surface area contributed by atoms with Crippen molar-refractivity contribution in [2.24, 2.45) is 5.92 Å². The molecule has 0 aliphatic carbocycles. The number of aryl methyl sites for hydroxylation is 1. The Balaban J connectivity index is 1.35. The van der Waals surface area contributed by atoms with Crippen LogP contribution in [0.25, 0.3) is 11.4 Å². The summed E-state index contributed by atoms with van der Waals surface area (Å²) in [5, 5.41) is 6.98. The standard InChI is InChI=1S/C19H22N4O4/c1-26-15-5-3-2-4-13(15)19-21-17(27-22-19)6-7-18(25)23-9-8-14-12(11-23)10-16(24)20-14/h2-5,12,14H,6-11H2,1H3,(H,20,24)/t12-,14+/m1/s1. The molecule has 8 heteroatoms. The van der Waals surface area contributed by atoms with Crippen molar-refractivity contribution in [1.29, 1.82) is 0 Å². The van der Waals surface area contributed by atoms with Gasteiger partial charge in [0.1, 0.15) is 5.75 Å². The van der Waals surface area contributed by atoms with E-state index in [0.717, 1.165) is 12.0 Å². The van der Waals surface area contributed by atoms with Crippen molar-refractivity contribution >= 4 is 11.8 Å². The zero-order chi connectivity index (χ0) is 18.8. The van der Waals surface area contributed by atoms with Crippen LogP contribution in [-0.2, 0) is 16.0 Å². The van der Waals surface area contributed by atoms with Crippen LogP contribution < -0.4 is 10.1 Å². The molecule has 142 valence electrons. The maximum absolute atomic E-state index is 12.5. The van der Waals surface area contributed by atoms with Crippen LogP contribution in [0.4, 0.5) is 0 Å². The highest BCUT2D eigenvalue weighted by Gasteiger charge is 2.37. The molecule has 0 saturated carbocycles. The lowest BCUT2D eigenvalue weighted by atomic mass is 9.93. The van der Waals surface area contributed by atoms with Crippen LogP contribution >= 0.6 is 0 Å². The van der Waals surface area contributed by atoms with Gasteiger partial charge in [0.15, 0.2) is 0 Å². The van der Waals surface area contributed by atoms with Crippen molar-refractivity contribution in [3.8, 4) is 17.1 Å². The summed E-state index contributed by atoms with van der Waals surface area (Å²) in [7, 11) is 1.59. The van der Waals surface area contributed by atoms with Gasteiger partial charge in [0, 0.05) is 44.3 Å². The normalized spacial score (nSPS) is 21.7. The molecule has 2 fully saturated rings. The number of fused-ring (bicyclic) bond motifs is 1. The minimum absolute atomic E-state index is 0.0600. The smallest absolute Gasteiger partial charge is 0.227 e. The number of ether oxygens (including phenoxy) is 1. The first-order valence-electron chi connectivity index (χ1n) is 9.17. The Morgan fingerprint density at radius 3 is 3.11 bits per heavy atom. The number of hydrogen-bond acceptors (Lipinski definition) is 6. The van der Waals surface area contributed by atoms with Crippen molar-refractivity contribution in [3.63, 3.8) is 0 Å². The largest absolute Gasteiger partial charge is 0.496 e. The van der Waals surface area contributed by atoms with Crippen LogP contribution in [0.2, 0.25) is 0 Å². The molecule has 27 heavy (non-hydrogen) atoms. The van der Waals surface area contributed by atoms with Gasteiger partial charge in [-0.2, -0.15) is 4.98 Å². The van der Waals surface area contributed by atoms with Crippen LogP contribution in [-0.4, -0.2) is 53.1 Å². The van der Waals surface area contributed by atoms with Gasteiger partial charge in [-0.1, -0.05) is 17.3 Å². The van der Waals surface area contributed by atoms with Gasteiger partial charge in [-0.15, -0.1) is 0 Å². The molecule has 0 unspecified atom stereocenters. The lowest BCUT2D eigenvalue weighted by Gasteiger charge is -2.34. The topological polar surface area (TPSA) is 97.6 Å². The lowest BCUT2D eigenvalue weighted by Crippen LogP contribution is -2.47. The molecule has 4 rings (SSSR count). The molecule has 0 radical (unpaired) electrons. The number of methoxy groups -OCH3 is 1. The minimum atomic E-state index is 0.0600. The summed E-state index contributed by atoms with van der Waals surface area (Å²) in [5.74, 6) is 1.93. The van der Waals surface area contributed by atoms with Crippen molar-refractivity contribution in [2.75, 3.05) is 20.2 Å². The Morgan fingerprint density at radius 2 is 2.26 bits per heavy atom. The molecule has 1 aromatic carbocycles. The molecular formula is C19H22N4O4. The van der Waals surface area contributed by atoms with Gasteiger partial charge in [-0.25, -0.2) is 0 Å². The van der Waals surface area contributed by atoms with Gasteiger partial charge in [-0.05, 0) is 18.6 Å². The van der Waals surface area contributed by atoms with Crippen LogP contribution in [0, 0.1) is 5.92 Å². The van der Waals surface area contributed by atoms with Crippen LogP contribution in [0.5, 0.6) is 5.75 Å². The first kappa shape index (κ1) is 17.5. The van der Waals surface area contributed by atoms with E-state index in [-0.39, 0.29) is 23.8 Å². The van der Waals surface area contributed by atoms with Gasteiger partial charge in [0.2, 0.25) is 23.5 Å². The zero-order valence-corrected chi connectivity index (χ0v) is 15.2. The van der Waals surface area contributed by atoms with E-state index in [4.69, 9.17) is 9.26 Å². The summed E-state index contributed by atoms with van der Waals surface area (Å²) in [5.41, 5.74) is 0.752. The van der Waals surface area contributed by atoms with E-state index >= 15 is 0 Å². The van der Waals surface area contributed by atoms with Crippen LogP contribution in [0.1, 0.15) is 25.2 Å². The fraction of sp³-hybridized carbons (Fsp3) is 0.474. The van der Waals surface area contributed by atoms with E-state index in [2.05, 4.69) is 15.5 Å². The number of piperidine rings is 1. The number of benzene rings is 1. The van der Waals surface area contributed by atoms with Crippen molar-refractivity contribution < 1.29 is 18.8 Å². The summed E-state index contributed by atoms with van der Waals surface area (Å²) in [6, 6.07) is 7.67. The zero-order valence-electron chi connectivity index (χ0n) is 15.2. The molecule has 0 spiro atoms. The number of aromatic nitrogens is 2. The third-order valence-corrected chi connectivity index (χ3v) is 5.25. The summed E-state index contributed by atoms with van der Waals surface area (Å²) >= 11 is 0. The Morgan fingerprint density at radius 1 is 1.41 bits per heavy atom. The number of para-hydroxylation sites is 1. The van der Waals surface area contributed by atoms with Crippen LogP contribution in [0.3, 0.4) is 0 Å². The molecule has 8 nitrogen and oxygen atoms in total. The van der Waals surface area contributed by atoms with Gasteiger partial charge in [0.25, 0.3) is 0 Å². The predicted molar refractivity (Wildman–Crippen MR) is 95.8 cm³/mol. The highest BCUT2D eigenvalue weighted by molar-refractivity contribution is 5.80. The number of hydrogen-bond donors (Lipinski definition) is 1. The number of nitrogens with zero attached hydrogens (tertiary/aromatic N) is 3. The average Bonchev–Trinajstić information content (AvgIpc) is 3.30. The Bertz CT molecular complexity index is 850. The Kier molecular flexibility index (Phi) is 4.79. The fourth-order valence-electron chi connectivity index (χ4n) is 3.83. The van der Waals surface area contributed by atoms with E-state index in [1.165, 1.54) is 0 Å². The number of likely N-dealkylation sites (tertiary alicyclic amines) is 1. The third-order valence-electron chi connectivity index (χ3n) is 5.25.